The zero-order valence-electron chi connectivity index (χ0n) is 12.6. The number of nitrogens with one attached hydrogen (secondary N) is 1. The van der Waals surface area contributed by atoms with Crippen LogP contribution in [-0.2, 0) is 4.74 Å². The molecule has 2 rings (SSSR count). The Morgan fingerprint density at radius 3 is 2.95 bits per heavy atom. The molecule has 1 amide bonds. The van der Waals surface area contributed by atoms with E-state index in [0.717, 1.165) is 11.3 Å². The summed E-state index contributed by atoms with van der Waals surface area (Å²) in [5, 5.41) is 11.8. The first-order valence-electron chi connectivity index (χ1n) is 7.02. The van der Waals surface area contributed by atoms with Crippen LogP contribution in [0.2, 0.25) is 0 Å². The summed E-state index contributed by atoms with van der Waals surface area (Å²) in [6, 6.07) is 3.77. The van der Waals surface area contributed by atoms with Gasteiger partial charge in [-0.3, -0.25) is 4.79 Å². The summed E-state index contributed by atoms with van der Waals surface area (Å²) >= 11 is 1.38. The summed E-state index contributed by atoms with van der Waals surface area (Å²) in [6.45, 7) is 4.27. The van der Waals surface area contributed by atoms with Crippen LogP contribution in [0.5, 0.6) is 0 Å². The number of carbonyl (C=O) groups is 1. The van der Waals surface area contributed by atoms with Gasteiger partial charge in [0.25, 0.3) is 5.91 Å². The number of ether oxygens (including phenoxy) is 1. The number of carbonyl (C=O) groups excluding carboxylic acids is 1. The maximum absolute atomic E-state index is 12.2. The Labute approximate surface area is 129 Å². The van der Waals surface area contributed by atoms with E-state index in [0.29, 0.717) is 11.3 Å². The van der Waals surface area contributed by atoms with Gasteiger partial charge in [-0.1, -0.05) is 25.7 Å². The van der Waals surface area contributed by atoms with Crippen LogP contribution in [-0.4, -0.2) is 36.9 Å². The van der Waals surface area contributed by atoms with Crippen LogP contribution in [0.3, 0.4) is 0 Å². The van der Waals surface area contributed by atoms with Crippen molar-refractivity contribution in [3.63, 3.8) is 0 Å². The summed E-state index contributed by atoms with van der Waals surface area (Å²) in [4.78, 5) is 13.8. The van der Waals surface area contributed by atoms with Crippen molar-refractivity contribution in [2.45, 2.75) is 38.8 Å². The second-order valence-electron chi connectivity index (χ2n) is 5.75. The van der Waals surface area contributed by atoms with Gasteiger partial charge in [0, 0.05) is 25.0 Å². The van der Waals surface area contributed by atoms with Gasteiger partial charge in [0.15, 0.2) is 0 Å². The minimum Gasteiger partial charge on any atom is -0.395 e. The van der Waals surface area contributed by atoms with Crippen molar-refractivity contribution in [2.24, 2.45) is 5.41 Å². The van der Waals surface area contributed by atoms with Crippen LogP contribution < -0.4 is 5.32 Å². The molecular weight excluding hydrogens is 286 g/mol. The zero-order valence-corrected chi connectivity index (χ0v) is 13.4. The summed E-state index contributed by atoms with van der Waals surface area (Å²) in [5.74, 6) is 5.75. The van der Waals surface area contributed by atoms with Gasteiger partial charge in [0.1, 0.15) is 0 Å². The number of hydrogen-bond donors (Lipinski definition) is 2. The van der Waals surface area contributed by atoms with E-state index >= 15 is 0 Å². The summed E-state index contributed by atoms with van der Waals surface area (Å²) in [6.07, 6.45) is 1.50. The highest BCUT2D eigenvalue weighted by Gasteiger charge is 2.49. The van der Waals surface area contributed by atoms with E-state index in [9.17, 15) is 4.79 Å². The molecule has 0 saturated heterocycles. The van der Waals surface area contributed by atoms with Crippen molar-refractivity contribution in [1.82, 2.24) is 5.32 Å². The monoisotopic (exact) mass is 307 g/mol. The van der Waals surface area contributed by atoms with Gasteiger partial charge in [0.05, 0.1) is 22.5 Å². The number of methoxy groups -OCH3 is 1. The number of thiophene rings is 1. The summed E-state index contributed by atoms with van der Waals surface area (Å²) in [5.41, 5.74) is -0.0363. The standard InChI is InChI=1S/C16H21NO3S/c1-16(2)13(10-14(16)20-3)17-15(19)12-8-7-11(21-12)6-4-5-9-18/h7-8,13-14,18H,5,9-10H2,1-3H3,(H,17,19). The minimum absolute atomic E-state index is 0.0363. The SMILES string of the molecule is COC1CC(NC(=O)c2ccc(C#CCCO)s2)C1(C)C. The molecule has 1 saturated carbocycles. The number of amides is 1. The second-order valence-corrected chi connectivity index (χ2v) is 6.83. The topological polar surface area (TPSA) is 58.6 Å². The molecule has 114 valence electrons. The third-order valence-electron chi connectivity index (χ3n) is 4.05. The molecule has 0 aliphatic heterocycles. The normalized spacial score (nSPS) is 22.9. The van der Waals surface area contributed by atoms with E-state index < -0.39 is 0 Å². The fourth-order valence-corrected chi connectivity index (χ4v) is 3.28. The quantitative estimate of drug-likeness (QED) is 0.837. The Morgan fingerprint density at radius 2 is 2.33 bits per heavy atom. The Balaban J connectivity index is 1.95. The van der Waals surface area contributed by atoms with E-state index in [1.54, 1.807) is 13.2 Å². The van der Waals surface area contributed by atoms with Gasteiger partial charge in [-0.25, -0.2) is 0 Å². The van der Waals surface area contributed by atoms with Crippen LogP contribution in [0.15, 0.2) is 12.1 Å². The smallest absolute Gasteiger partial charge is 0.261 e. The summed E-state index contributed by atoms with van der Waals surface area (Å²) < 4.78 is 5.39. The maximum atomic E-state index is 12.2. The molecule has 0 radical (unpaired) electrons. The lowest BCUT2D eigenvalue weighted by Gasteiger charge is -2.51. The Hall–Kier alpha value is -1.35. The van der Waals surface area contributed by atoms with Gasteiger partial charge >= 0.3 is 0 Å². The van der Waals surface area contributed by atoms with Crippen LogP contribution in [0.1, 0.15) is 41.2 Å². The molecule has 5 heteroatoms. The molecule has 1 aromatic rings. The first-order valence-corrected chi connectivity index (χ1v) is 7.84. The van der Waals surface area contributed by atoms with Crippen molar-refractivity contribution in [2.75, 3.05) is 13.7 Å². The van der Waals surface area contributed by atoms with Crippen LogP contribution in [0.25, 0.3) is 0 Å². The van der Waals surface area contributed by atoms with E-state index in [1.165, 1.54) is 11.3 Å². The van der Waals surface area contributed by atoms with Gasteiger partial charge in [-0.05, 0) is 18.6 Å². The Morgan fingerprint density at radius 1 is 1.57 bits per heavy atom. The molecule has 2 N–H and O–H groups in total. The maximum Gasteiger partial charge on any atom is 0.261 e. The highest BCUT2D eigenvalue weighted by atomic mass is 32.1. The predicted octanol–water partition coefficient (Wildman–Crippen LogP) is 2.03. The molecule has 0 aromatic carbocycles. The van der Waals surface area contributed by atoms with Crippen molar-refractivity contribution in [3.05, 3.63) is 21.9 Å². The molecule has 0 bridgehead atoms. The molecular formula is C16H21NO3S. The summed E-state index contributed by atoms with van der Waals surface area (Å²) in [7, 11) is 1.71. The van der Waals surface area contributed by atoms with Gasteiger partial charge in [-0.15, -0.1) is 11.3 Å². The van der Waals surface area contributed by atoms with Crippen LogP contribution in [0, 0.1) is 17.3 Å². The van der Waals surface area contributed by atoms with Crippen molar-refractivity contribution in [1.29, 1.82) is 0 Å². The molecule has 1 aliphatic carbocycles. The van der Waals surface area contributed by atoms with E-state index in [2.05, 4.69) is 31.0 Å². The van der Waals surface area contributed by atoms with Crippen LogP contribution in [0.4, 0.5) is 0 Å². The molecule has 1 heterocycles. The molecule has 1 aliphatic rings. The Bertz CT molecular complexity index is 568. The lowest BCUT2D eigenvalue weighted by molar-refractivity contribution is -0.0942. The first kappa shape index (κ1) is 16.0. The molecule has 21 heavy (non-hydrogen) atoms. The number of aliphatic hydroxyl groups is 1. The first-order chi connectivity index (χ1) is 9.98. The lowest BCUT2D eigenvalue weighted by atomic mass is 9.64. The number of hydrogen-bond acceptors (Lipinski definition) is 4. The van der Waals surface area contributed by atoms with E-state index in [4.69, 9.17) is 9.84 Å². The van der Waals surface area contributed by atoms with Crippen LogP contribution >= 0.6 is 11.3 Å². The third kappa shape index (κ3) is 3.46. The van der Waals surface area contributed by atoms with E-state index in [1.807, 2.05) is 6.07 Å². The van der Waals surface area contributed by atoms with Gasteiger partial charge < -0.3 is 15.2 Å². The van der Waals surface area contributed by atoms with E-state index in [-0.39, 0.29) is 30.1 Å². The molecule has 2 atom stereocenters. The van der Waals surface area contributed by atoms with Crippen molar-refractivity contribution < 1.29 is 14.6 Å². The Kier molecular flexibility index (Phi) is 5.04. The van der Waals surface area contributed by atoms with Gasteiger partial charge in [-0.2, -0.15) is 0 Å². The largest absolute Gasteiger partial charge is 0.395 e. The van der Waals surface area contributed by atoms with Gasteiger partial charge in [0.2, 0.25) is 0 Å². The predicted molar refractivity (Wildman–Crippen MR) is 83.3 cm³/mol. The zero-order chi connectivity index (χ0) is 15.5. The lowest BCUT2D eigenvalue weighted by Crippen LogP contribution is -2.61. The molecule has 1 fully saturated rings. The average molecular weight is 307 g/mol. The van der Waals surface area contributed by atoms with Crippen molar-refractivity contribution >= 4 is 17.2 Å². The molecule has 2 unspecified atom stereocenters. The molecule has 1 aromatic heterocycles. The highest BCUT2D eigenvalue weighted by Crippen LogP contribution is 2.42. The minimum atomic E-state index is -0.0529. The fourth-order valence-electron chi connectivity index (χ4n) is 2.49. The second kappa shape index (κ2) is 6.61. The fraction of sp³-hybridized carbons (Fsp3) is 0.562. The average Bonchev–Trinajstić information content (AvgIpc) is 2.92. The highest BCUT2D eigenvalue weighted by molar-refractivity contribution is 7.14. The molecule has 0 spiro atoms. The third-order valence-corrected chi connectivity index (χ3v) is 5.05. The molecule has 4 nitrogen and oxygen atoms in total. The number of aliphatic hydroxyl groups excluding tert-OH is 1. The number of rotatable bonds is 4. The van der Waals surface area contributed by atoms with Crippen molar-refractivity contribution in [3.8, 4) is 11.8 Å².